The van der Waals surface area contributed by atoms with Gasteiger partial charge >= 0.3 is 0 Å². The number of aldehydes is 1. The van der Waals surface area contributed by atoms with Crippen LogP contribution in [0.4, 0.5) is 5.82 Å². The van der Waals surface area contributed by atoms with Crippen LogP contribution in [0.2, 0.25) is 0 Å². The van der Waals surface area contributed by atoms with E-state index in [-0.39, 0.29) is 5.92 Å². The minimum Gasteiger partial charge on any atom is -0.508 e. The van der Waals surface area contributed by atoms with Gasteiger partial charge in [-0.2, -0.15) is 0 Å². The van der Waals surface area contributed by atoms with Crippen LogP contribution in [0.15, 0.2) is 36.5 Å². The van der Waals surface area contributed by atoms with Crippen LogP contribution in [0.5, 0.6) is 5.75 Å². The summed E-state index contributed by atoms with van der Waals surface area (Å²) in [6, 6.07) is 10.5. The minimum atomic E-state index is 0.210. The number of phenolic OH excluding ortho intramolecular Hbond substituents is 1. The van der Waals surface area contributed by atoms with Crippen molar-refractivity contribution in [3.8, 4) is 5.75 Å². The number of aromatic nitrogens is 1. The number of anilines is 1. The number of hydrogen-bond acceptors (Lipinski definition) is 4. The molecule has 0 unspecified atom stereocenters. The fourth-order valence-electron chi connectivity index (χ4n) is 6.36. The summed E-state index contributed by atoms with van der Waals surface area (Å²) in [4.78, 5) is 18.3. The lowest BCUT2D eigenvalue weighted by Gasteiger charge is -2.40. The van der Waals surface area contributed by atoms with E-state index >= 15 is 0 Å². The maximum absolute atomic E-state index is 11.1. The van der Waals surface area contributed by atoms with Crippen molar-refractivity contribution in [1.29, 1.82) is 0 Å². The molecule has 0 spiro atoms. The van der Waals surface area contributed by atoms with Crippen LogP contribution in [0.1, 0.15) is 74.0 Å². The molecule has 0 radical (unpaired) electrons. The molecule has 2 fully saturated rings. The Morgan fingerprint density at radius 2 is 1.77 bits per heavy atom. The van der Waals surface area contributed by atoms with Crippen molar-refractivity contribution in [3.05, 3.63) is 53.2 Å². The van der Waals surface area contributed by atoms with Gasteiger partial charge in [-0.3, -0.25) is 0 Å². The largest absolute Gasteiger partial charge is 0.508 e. The number of pyridine rings is 1. The van der Waals surface area contributed by atoms with Crippen LogP contribution < -0.4 is 4.90 Å². The van der Waals surface area contributed by atoms with E-state index in [1.807, 2.05) is 12.1 Å². The first-order chi connectivity index (χ1) is 15.2. The molecule has 2 aromatic rings. The van der Waals surface area contributed by atoms with Crippen molar-refractivity contribution in [3.63, 3.8) is 0 Å². The molecule has 1 aromatic heterocycles. The third kappa shape index (κ3) is 4.22. The van der Waals surface area contributed by atoms with Crippen molar-refractivity contribution >= 4 is 12.1 Å². The van der Waals surface area contributed by atoms with Crippen LogP contribution in [0.25, 0.3) is 0 Å². The lowest BCUT2D eigenvalue weighted by atomic mass is 9.64. The van der Waals surface area contributed by atoms with Gasteiger partial charge in [-0.25, -0.2) is 4.98 Å². The Labute approximate surface area is 185 Å². The first-order valence-corrected chi connectivity index (χ1v) is 12.2. The van der Waals surface area contributed by atoms with Gasteiger partial charge in [-0.15, -0.1) is 0 Å². The third-order valence-electron chi connectivity index (χ3n) is 8.08. The van der Waals surface area contributed by atoms with E-state index in [0.717, 1.165) is 50.4 Å². The highest BCUT2D eigenvalue weighted by Gasteiger charge is 2.36. The molecular weight excluding hydrogens is 384 g/mol. The average Bonchev–Trinajstić information content (AvgIpc) is 2.84. The van der Waals surface area contributed by atoms with Crippen LogP contribution in [-0.4, -0.2) is 29.5 Å². The summed E-state index contributed by atoms with van der Waals surface area (Å²) >= 11 is 0. The highest BCUT2D eigenvalue weighted by Crippen LogP contribution is 2.48. The molecule has 1 N–H and O–H groups in total. The number of hydrogen-bond donors (Lipinski definition) is 1. The Bertz CT molecular complexity index is 896. The van der Waals surface area contributed by atoms with Gasteiger partial charge in [0.05, 0.1) is 0 Å². The van der Waals surface area contributed by atoms with Gasteiger partial charge in [0.15, 0.2) is 0 Å². The Morgan fingerprint density at radius 3 is 2.48 bits per heavy atom. The number of piperidine rings is 1. The Morgan fingerprint density at radius 1 is 0.968 bits per heavy atom. The van der Waals surface area contributed by atoms with Crippen molar-refractivity contribution < 1.29 is 9.90 Å². The van der Waals surface area contributed by atoms with E-state index in [4.69, 9.17) is 4.98 Å². The lowest BCUT2D eigenvalue weighted by molar-refractivity contribution is -0.111. The van der Waals surface area contributed by atoms with Crippen molar-refractivity contribution in [2.45, 2.75) is 63.7 Å². The summed E-state index contributed by atoms with van der Waals surface area (Å²) in [5, 5.41) is 10.0. The molecule has 0 amide bonds. The van der Waals surface area contributed by atoms with Crippen LogP contribution >= 0.6 is 0 Å². The molecule has 2 atom stereocenters. The topological polar surface area (TPSA) is 53.4 Å². The van der Waals surface area contributed by atoms with Gasteiger partial charge < -0.3 is 14.8 Å². The van der Waals surface area contributed by atoms with E-state index in [2.05, 4.69) is 29.3 Å². The Hall–Kier alpha value is -2.36. The van der Waals surface area contributed by atoms with E-state index in [0.29, 0.717) is 17.6 Å². The molecule has 1 aromatic carbocycles. The van der Waals surface area contributed by atoms with Crippen molar-refractivity contribution in [2.75, 3.05) is 18.0 Å². The zero-order valence-electron chi connectivity index (χ0n) is 18.4. The molecule has 2 heterocycles. The molecule has 31 heavy (non-hydrogen) atoms. The number of aryl methyl sites for hydroxylation is 1. The number of rotatable bonds is 4. The third-order valence-corrected chi connectivity index (χ3v) is 8.08. The van der Waals surface area contributed by atoms with E-state index in [1.54, 1.807) is 0 Å². The predicted molar refractivity (Wildman–Crippen MR) is 124 cm³/mol. The number of phenols is 1. The molecule has 2 aliphatic carbocycles. The van der Waals surface area contributed by atoms with Gasteiger partial charge in [0.25, 0.3) is 0 Å². The van der Waals surface area contributed by atoms with Gasteiger partial charge in [0, 0.05) is 31.1 Å². The molecule has 4 nitrogen and oxygen atoms in total. The smallest absolute Gasteiger partial charge is 0.128 e. The van der Waals surface area contributed by atoms with Crippen LogP contribution in [0, 0.1) is 17.8 Å². The van der Waals surface area contributed by atoms with E-state index < -0.39 is 0 Å². The Balaban J connectivity index is 1.43. The second kappa shape index (κ2) is 9.02. The molecule has 4 heteroatoms. The number of carbonyl (C=O) groups is 1. The molecule has 5 rings (SSSR count). The predicted octanol–water partition coefficient (Wildman–Crippen LogP) is 5.48. The van der Waals surface area contributed by atoms with Gasteiger partial charge in [0.2, 0.25) is 0 Å². The standard InChI is InChI=1S/C27H34N2O2/c30-18-19-12-14-29(15-13-19)26-11-7-22(17-28-26)27-24(20-4-2-1-3-5-20)9-6-21-16-23(31)8-10-25(21)27/h7-8,10-11,16-20,24,27,31H,1-6,9,12-15H2/t24-,27+/m1/s1. The monoisotopic (exact) mass is 418 g/mol. The number of carbonyl (C=O) groups excluding carboxylic acids is 1. The SMILES string of the molecule is O=CC1CCN(c2ccc([C@@H]3c4ccc(O)cc4CC[C@@H]3C3CCCCC3)cn2)CC1. The number of fused-ring (bicyclic) bond motifs is 1. The maximum atomic E-state index is 11.1. The first kappa shape index (κ1) is 20.5. The fraction of sp³-hybridized carbons (Fsp3) is 0.556. The van der Waals surface area contributed by atoms with Gasteiger partial charge in [0.1, 0.15) is 17.9 Å². The molecular formula is C27H34N2O2. The summed E-state index contributed by atoms with van der Waals surface area (Å²) in [5.41, 5.74) is 4.01. The van der Waals surface area contributed by atoms with Gasteiger partial charge in [-0.1, -0.05) is 44.2 Å². The lowest BCUT2D eigenvalue weighted by Crippen LogP contribution is -2.34. The zero-order valence-corrected chi connectivity index (χ0v) is 18.4. The summed E-state index contributed by atoms with van der Waals surface area (Å²) in [5.74, 6) is 3.44. The summed E-state index contributed by atoms with van der Waals surface area (Å²) in [6.45, 7) is 1.82. The number of benzene rings is 1. The maximum Gasteiger partial charge on any atom is 0.128 e. The number of nitrogens with zero attached hydrogens (tertiary/aromatic N) is 2. The average molecular weight is 419 g/mol. The van der Waals surface area contributed by atoms with Crippen LogP contribution in [0.3, 0.4) is 0 Å². The van der Waals surface area contributed by atoms with E-state index in [9.17, 15) is 9.90 Å². The molecule has 0 bridgehead atoms. The first-order valence-electron chi connectivity index (χ1n) is 12.2. The summed E-state index contributed by atoms with van der Waals surface area (Å²) in [7, 11) is 0. The van der Waals surface area contributed by atoms with Crippen molar-refractivity contribution in [2.24, 2.45) is 17.8 Å². The quantitative estimate of drug-likeness (QED) is 0.668. The second-order valence-electron chi connectivity index (χ2n) is 9.87. The van der Waals surface area contributed by atoms with Crippen molar-refractivity contribution in [1.82, 2.24) is 4.98 Å². The zero-order chi connectivity index (χ0) is 21.2. The molecule has 164 valence electrons. The molecule has 1 saturated carbocycles. The highest BCUT2D eigenvalue weighted by atomic mass is 16.3. The second-order valence-corrected chi connectivity index (χ2v) is 9.87. The normalized spacial score (nSPS) is 25.2. The summed E-state index contributed by atoms with van der Waals surface area (Å²) < 4.78 is 0. The van der Waals surface area contributed by atoms with Gasteiger partial charge in [-0.05, 0) is 72.4 Å². The summed E-state index contributed by atoms with van der Waals surface area (Å²) in [6.07, 6.45) is 14.2. The molecule has 3 aliphatic rings. The van der Waals surface area contributed by atoms with E-state index in [1.165, 1.54) is 55.2 Å². The number of aromatic hydroxyl groups is 1. The minimum absolute atomic E-state index is 0.210. The molecule has 1 saturated heterocycles. The molecule has 1 aliphatic heterocycles. The Kier molecular flexibility index (Phi) is 5.97. The fourth-order valence-corrected chi connectivity index (χ4v) is 6.36. The van der Waals surface area contributed by atoms with Crippen LogP contribution in [-0.2, 0) is 11.2 Å². The highest BCUT2D eigenvalue weighted by molar-refractivity contribution is 5.55.